The van der Waals surface area contributed by atoms with Gasteiger partial charge in [0.25, 0.3) is 0 Å². The summed E-state index contributed by atoms with van der Waals surface area (Å²) in [4.78, 5) is 35.2. The Hall–Kier alpha value is -18.9. The van der Waals surface area contributed by atoms with Crippen LogP contribution in [-0.4, -0.2) is 48.6 Å². The van der Waals surface area contributed by atoms with Gasteiger partial charge in [0.15, 0.2) is 17.5 Å². The lowest BCUT2D eigenvalue weighted by atomic mass is 10.0. The minimum Gasteiger partial charge on any atom is -0.455 e. The molecule has 0 fully saturated rings. The molecule has 0 atom stereocenters. The molecule has 0 spiro atoms. The van der Waals surface area contributed by atoms with Gasteiger partial charge in [0.2, 0.25) is 0 Å². The third-order valence-corrected chi connectivity index (χ3v) is 27.5. The van der Waals surface area contributed by atoms with Gasteiger partial charge in [0.1, 0.15) is 33.5 Å². The van der Waals surface area contributed by atoms with Crippen LogP contribution in [0.15, 0.2) is 462 Å². The average molecular weight is 1760 g/mol. The highest BCUT2D eigenvalue weighted by molar-refractivity contribution is 6.33. The molecular formula is C125H74N10O3. The number of hydrogen-bond donors (Lipinski definition) is 0. The largest absolute Gasteiger partial charge is 0.455 e. The quantitative estimate of drug-likeness (QED) is 0.137. The molecule has 0 N–H and O–H groups in total. The Labute approximate surface area is 787 Å². The van der Waals surface area contributed by atoms with Crippen LogP contribution in [0, 0.1) is 0 Å². The normalized spacial score (nSPS) is 11.9. The van der Waals surface area contributed by atoms with Gasteiger partial charge < -0.3 is 27.0 Å². The fourth-order valence-corrected chi connectivity index (χ4v) is 21.3. The number of aromatic nitrogens is 10. The monoisotopic (exact) mass is 1760 g/mol. The van der Waals surface area contributed by atoms with Gasteiger partial charge in [-0.1, -0.05) is 303 Å². The average Bonchev–Trinajstić information content (AvgIpc) is 1.56. The fraction of sp³-hybridized carbons (Fsp3) is 0. The zero-order valence-corrected chi connectivity index (χ0v) is 73.9. The van der Waals surface area contributed by atoms with E-state index in [9.17, 15) is 0 Å². The molecule has 0 aliphatic heterocycles. The van der Waals surface area contributed by atoms with Crippen molar-refractivity contribution in [2.45, 2.75) is 0 Å². The van der Waals surface area contributed by atoms with E-state index in [0.717, 1.165) is 237 Å². The van der Waals surface area contributed by atoms with E-state index in [1.807, 2.05) is 122 Å². The van der Waals surface area contributed by atoms with E-state index in [-0.39, 0.29) is 0 Å². The van der Waals surface area contributed by atoms with E-state index in [4.69, 9.17) is 43.2 Å². The minimum absolute atomic E-state index is 0.654. The van der Waals surface area contributed by atoms with Crippen LogP contribution >= 0.6 is 0 Å². The maximum absolute atomic E-state index is 6.59. The highest BCUT2D eigenvalue weighted by Gasteiger charge is 2.27. The molecule has 0 aliphatic rings. The molecule has 0 saturated carbocycles. The summed E-state index contributed by atoms with van der Waals surface area (Å²) in [5.41, 5.74) is 26.8. The summed E-state index contributed by atoms with van der Waals surface area (Å²) in [6.45, 7) is 0. The van der Waals surface area contributed by atoms with Crippen LogP contribution in [0.2, 0.25) is 0 Å². The Morgan fingerprint density at radius 3 is 0.964 bits per heavy atom. The molecule has 0 aliphatic carbocycles. The Morgan fingerprint density at radius 2 is 0.529 bits per heavy atom. The molecule has 0 bridgehead atoms. The lowest BCUT2D eigenvalue weighted by Gasteiger charge is -2.14. The van der Waals surface area contributed by atoms with Crippen LogP contribution in [0.25, 0.3) is 281 Å². The maximum Gasteiger partial charge on any atom is 0.162 e. The highest BCUT2D eigenvalue weighted by atomic mass is 16.3. The van der Waals surface area contributed by atoms with Crippen molar-refractivity contribution >= 4 is 196 Å². The molecule has 0 radical (unpaired) electrons. The second-order valence-electron chi connectivity index (χ2n) is 35.2. The van der Waals surface area contributed by atoms with Crippen molar-refractivity contribution in [2.75, 3.05) is 0 Å². The van der Waals surface area contributed by atoms with E-state index < -0.39 is 0 Å². The number of para-hydroxylation sites is 9. The van der Waals surface area contributed by atoms with E-state index >= 15 is 0 Å². The number of fused-ring (bicyclic) bond motifs is 30. The summed E-state index contributed by atoms with van der Waals surface area (Å²) in [5, 5.41) is 23.8. The van der Waals surface area contributed by atoms with Crippen molar-refractivity contribution in [1.29, 1.82) is 0 Å². The zero-order valence-electron chi connectivity index (χ0n) is 73.9. The van der Waals surface area contributed by atoms with Crippen molar-refractivity contribution in [2.24, 2.45) is 0 Å². The number of pyridine rings is 1. The van der Waals surface area contributed by atoms with Crippen molar-refractivity contribution in [3.05, 3.63) is 449 Å². The second kappa shape index (κ2) is 31.4. The third kappa shape index (κ3) is 12.4. The molecule has 30 rings (SSSR count). The highest BCUT2D eigenvalue weighted by Crippen LogP contribution is 2.49. The van der Waals surface area contributed by atoms with Crippen molar-refractivity contribution in [3.8, 4) is 85.0 Å². The van der Waals surface area contributed by atoms with Gasteiger partial charge in [-0.05, 0) is 150 Å². The van der Waals surface area contributed by atoms with Gasteiger partial charge in [-0.3, -0.25) is 4.98 Å². The molecule has 13 nitrogen and oxygen atoms in total. The Balaban J connectivity index is 0.000000102. The molecule has 10 heterocycles. The molecule has 30 aromatic rings. The van der Waals surface area contributed by atoms with Crippen molar-refractivity contribution < 1.29 is 13.3 Å². The Kier molecular flexibility index (Phi) is 17.7. The minimum atomic E-state index is 0.654. The lowest BCUT2D eigenvalue weighted by molar-refractivity contribution is 0.672. The number of rotatable bonds is 9. The van der Waals surface area contributed by atoms with Crippen LogP contribution in [0.3, 0.4) is 0 Å². The predicted octanol–water partition coefficient (Wildman–Crippen LogP) is 32.7. The number of hydrogen-bond acceptors (Lipinski definition) is 10. The van der Waals surface area contributed by atoms with Crippen molar-refractivity contribution in [3.63, 3.8) is 0 Å². The first-order chi connectivity index (χ1) is 68.5. The fourth-order valence-electron chi connectivity index (χ4n) is 21.3. The molecule has 20 aromatic carbocycles. The molecule has 642 valence electrons. The Morgan fingerprint density at radius 1 is 0.196 bits per heavy atom. The molecule has 0 saturated heterocycles. The Bertz CT molecular complexity index is 10300. The maximum atomic E-state index is 6.59. The van der Waals surface area contributed by atoms with Crippen LogP contribution in [0.4, 0.5) is 0 Å². The first kappa shape index (κ1) is 77.9. The number of benzene rings is 20. The number of furan rings is 3. The van der Waals surface area contributed by atoms with Crippen LogP contribution < -0.4 is 0 Å². The van der Waals surface area contributed by atoms with Crippen molar-refractivity contribution in [1.82, 2.24) is 48.6 Å². The number of nitrogens with zero attached hydrogens (tertiary/aromatic N) is 10. The molecule has 138 heavy (non-hydrogen) atoms. The SMILES string of the molecule is c1ccc(-c2nc(-c3ccc(-n4c5ccccc5c5c6c(ccc7c8ccccc8oc76)ccc54)cc3)nc3ccccc23)cc1.c1ccc(-c2nc(-c3cccc(-n4c5ccccc5c5c6c(ccc7c8ccccc8oc76)ccc54)c3)nc3ccccc23)cc1.c1ccc(-c2nc(-c3ccncc3-n3c4ccccc4c4c5c(ccc6c7ccccc7oc65)ccc43)nc3ccccc23)cc1. The molecule has 10 aromatic heterocycles. The zero-order chi connectivity index (χ0) is 90.6. The summed E-state index contributed by atoms with van der Waals surface area (Å²) < 4.78 is 26.7. The molecule has 13 heteroatoms. The smallest absolute Gasteiger partial charge is 0.162 e. The van der Waals surface area contributed by atoms with Gasteiger partial charge in [-0.25, -0.2) is 29.9 Å². The van der Waals surface area contributed by atoms with Gasteiger partial charge >= 0.3 is 0 Å². The first-order valence-electron chi connectivity index (χ1n) is 46.4. The summed E-state index contributed by atoms with van der Waals surface area (Å²) in [7, 11) is 0. The van der Waals surface area contributed by atoms with Crippen LogP contribution in [0.5, 0.6) is 0 Å². The van der Waals surface area contributed by atoms with Crippen LogP contribution in [0.1, 0.15) is 0 Å². The van der Waals surface area contributed by atoms with Crippen LogP contribution in [-0.2, 0) is 0 Å². The summed E-state index contributed by atoms with van der Waals surface area (Å²) in [6.07, 6.45) is 3.74. The standard InChI is InChI=1S/2C42H25N3O.C41H24N4O/c1-2-11-27(12-3-1)40-32-16-4-7-18-34(32)43-42(44-40)28-13-10-14-29(25-28)45-35-19-8-5-17-33(35)39-36(45)24-22-26-21-23-31-30-15-6-9-20-37(30)46-41(31)38(26)39;1-2-10-27(11-3-1)40-32-13-4-7-15-34(32)43-42(44-40)28-18-22-29(23-19-28)45-35-16-8-5-14-33(35)39-36(45)25-21-26-20-24-31-30-12-6-9-17-37(30)46-41(31)38(26)39;1-2-10-26(11-3-1)39-29-13-4-7-15-32(29)43-41(44-39)31-22-23-42-24-35(31)45-33-16-8-5-14-30(33)38-34(45)21-19-25-18-20-28-27-12-6-9-17-36(27)46-40(28)37(25)38/h2*1-25H;1-24H. The molecular weight excluding hydrogens is 1690 g/mol. The van der Waals surface area contributed by atoms with E-state index in [1.54, 1.807) is 0 Å². The summed E-state index contributed by atoms with van der Waals surface area (Å²) >= 11 is 0. The predicted molar refractivity (Wildman–Crippen MR) is 566 cm³/mol. The molecule has 0 unspecified atom stereocenters. The van der Waals surface area contributed by atoms with Gasteiger partial charge in [-0.2, -0.15) is 0 Å². The van der Waals surface area contributed by atoms with Gasteiger partial charge in [0, 0.05) is 148 Å². The van der Waals surface area contributed by atoms with Gasteiger partial charge in [0.05, 0.1) is 78.6 Å². The molecule has 0 amide bonds. The van der Waals surface area contributed by atoms with Gasteiger partial charge in [-0.15, -0.1) is 0 Å². The lowest BCUT2D eigenvalue weighted by Crippen LogP contribution is -2.01. The van der Waals surface area contributed by atoms with E-state index in [0.29, 0.717) is 17.5 Å². The summed E-state index contributed by atoms with van der Waals surface area (Å²) in [5.74, 6) is 2.07. The summed E-state index contributed by atoms with van der Waals surface area (Å²) in [6, 6.07) is 152. The second-order valence-corrected chi connectivity index (χ2v) is 35.2. The topological polar surface area (TPSA) is 144 Å². The third-order valence-electron chi connectivity index (χ3n) is 27.5. The van der Waals surface area contributed by atoms with E-state index in [2.05, 4.69) is 346 Å². The first-order valence-corrected chi connectivity index (χ1v) is 46.4. The van der Waals surface area contributed by atoms with E-state index in [1.165, 1.54) is 26.9 Å².